The third-order valence-corrected chi connectivity index (χ3v) is 4.79. The molecule has 0 amide bonds. The van der Waals surface area contributed by atoms with Gasteiger partial charge in [-0.15, -0.1) is 0 Å². The third-order valence-electron chi connectivity index (χ3n) is 4.79. The second-order valence-electron chi connectivity index (χ2n) is 6.95. The first-order valence-electron chi connectivity index (χ1n) is 9.94. The van der Waals surface area contributed by atoms with Crippen LogP contribution in [0.1, 0.15) is 16.7 Å². The SMILES string of the molecule is O=c1c(CO)coc(-c2ccccc2OCc2ccccc2)c1OCc1ccccc1. The van der Waals surface area contributed by atoms with Crippen LogP contribution in [-0.2, 0) is 19.8 Å². The second-order valence-corrected chi connectivity index (χ2v) is 6.95. The zero-order valence-corrected chi connectivity index (χ0v) is 16.9. The van der Waals surface area contributed by atoms with Gasteiger partial charge in [-0.25, -0.2) is 0 Å². The summed E-state index contributed by atoms with van der Waals surface area (Å²) in [6.07, 6.45) is 1.26. The molecule has 0 aliphatic heterocycles. The van der Waals surface area contributed by atoms with E-state index in [0.29, 0.717) is 17.9 Å². The van der Waals surface area contributed by atoms with Crippen molar-refractivity contribution in [2.45, 2.75) is 19.8 Å². The lowest BCUT2D eigenvalue weighted by Crippen LogP contribution is -2.14. The highest BCUT2D eigenvalue weighted by atomic mass is 16.5. The summed E-state index contributed by atoms with van der Waals surface area (Å²) in [6, 6.07) is 26.7. The van der Waals surface area contributed by atoms with Crippen LogP contribution in [0.2, 0.25) is 0 Å². The second kappa shape index (κ2) is 9.78. The normalized spacial score (nSPS) is 10.6. The number of aliphatic hydroxyl groups excluding tert-OH is 1. The Morgan fingerprint density at radius 3 is 1.97 bits per heavy atom. The molecule has 0 atom stereocenters. The molecule has 31 heavy (non-hydrogen) atoms. The fourth-order valence-electron chi connectivity index (χ4n) is 3.16. The number of para-hydroxylation sites is 1. The number of aliphatic hydroxyl groups is 1. The first-order chi connectivity index (χ1) is 15.3. The molecule has 4 aromatic rings. The number of hydrogen-bond acceptors (Lipinski definition) is 5. The smallest absolute Gasteiger partial charge is 0.232 e. The molecule has 156 valence electrons. The van der Waals surface area contributed by atoms with Crippen molar-refractivity contribution in [3.05, 3.63) is 118 Å². The fourth-order valence-corrected chi connectivity index (χ4v) is 3.16. The molecular weight excluding hydrogens is 392 g/mol. The monoisotopic (exact) mass is 414 g/mol. The highest BCUT2D eigenvalue weighted by molar-refractivity contribution is 5.71. The van der Waals surface area contributed by atoms with Crippen LogP contribution >= 0.6 is 0 Å². The van der Waals surface area contributed by atoms with Gasteiger partial charge in [0.1, 0.15) is 25.2 Å². The Kier molecular flexibility index (Phi) is 6.45. The Balaban J connectivity index is 1.69. The molecule has 0 spiro atoms. The summed E-state index contributed by atoms with van der Waals surface area (Å²) in [7, 11) is 0. The van der Waals surface area contributed by atoms with Gasteiger partial charge in [0, 0.05) is 0 Å². The molecule has 0 saturated carbocycles. The zero-order valence-electron chi connectivity index (χ0n) is 16.9. The molecule has 4 rings (SSSR count). The maximum absolute atomic E-state index is 12.9. The number of rotatable bonds is 8. The molecule has 0 aliphatic rings. The van der Waals surface area contributed by atoms with Crippen LogP contribution in [0.4, 0.5) is 0 Å². The Hall–Kier alpha value is -3.83. The van der Waals surface area contributed by atoms with Gasteiger partial charge in [-0.2, -0.15) is 0 Å². The summed E-state index contributed by atoms with van der Waals surface area (Å²) in [5.41, 5.74) is 2.26. The van der Waals surface area contributed by atoms with Crippen LogP contribution in [0.15, 0.2) is 100 Å². The Morgan fingerprint density at radius 2 is 1.32 bits per heavy atom. The molecule has 1 heterocycles. The number of hydrogen-bond donors (Lipinski definition) is 1. The standard InChI is InChI=1S/C26H22O5/c27-15-21-18-31-25(26(24(21)28)30-17-20-11-5-2-6-12-20)22-13-7-8-14-23(22)29-16-19-9-3-1-4-10-19/h1-14,18,27H,15-17H2. The highest BCUT2D eigenvalue weighted by Gasteiger charge is 2.20. The molecule has 5 nitrogen and oxygen atoms in total. The molecule has 0 unspecified atom stereocenters. The number of ether oxygens (including phenoxy) is 2. The molecule has 1 aromatic heterocycles. The van der Waals surface area contributed by atoms with Crippen LogP contribution in [0.3, 0.4) is 0 Å². The van der Waals surface area contributed by atoms with Gasteiger partial charge < -0.3 is 19.0 Å². The topological polar surface area (TPSA) is 68.9 Å². The van der Waals surface area contributed by atoms with Gasteiger partial charge in [0.25, 0.3) is 0 Å². The zero-order chi connectivity index (χ0) is 21.5. The minimum atomic E-state index is -0.434. The molecule has 1 N–H and O–H groups in total. The van der Waals surface area contributed by atoms with Crippen LogP contribution in [0, 0.1) is 0 Å². The lowest BCUT2D eigenvalue weighted by molar-refractivity contribution is 0.266. The first-order valence-corrected chi connectivity index (χ1v) is 9.94. The molecule has 5 heteroatoms. The van der Waals surface area contributed by atoms with Crippen molar-refractivity contribution in [1.82, 2.24) is 0 Å². The van der Waals surface area contributed by atoms with E-state index < -0.39 is 12.0 Å². The maximum Gasteiger partial charge on any atom is 0.232 e. The highest BCUT2D eigenvalue weighted by Crippen LogP contribution is 2.35. The summed E-state index contributed by atoms with van der Waals surface area (Å²) < 4.78 is 17.7. The molecule has 3 aromatic carbocycles. The van der Waals surface area contributed by atoms with Crippen molar-refractivity contribution < 1.29 is 19.0 Å². The van der Waals surface area contributed by atoms with Gasteiger partial charge in [0.15, 0.2) is 5.76 Å². The van der Waals surface area contributed by atoms with E-state index in [1.807, 2.05) is 84.9 Å². The summed E-state index contributed by atoms with van der Waals surface area (Å²) in [5, 5.41) is 9.51. The van der Waals surface area contributed by atoms with Crippen molar-refractivity contribution in [2.24, 2.45) is 0 Å². The van der Waals surface area contributed by atoms with Gasteiger partial charge in [0.05, 0.1) is 17.7 Å². The third kappa shape index (κ3) is 4.85. The lowest BCUT2D eigenvalue weighted by atomic mass is 10.1. The predicted molar refractivity (Wildman–Crippen MR) is 118 cm³/mol. The van der Waals surface area contributed by atoms with E-state index in [2.05, 4.69) is 0 Å². The van der Waals surface area contributed by atoms with Crippen molar-refractivity contribution in [3.63, 3.8) is 0 Å². The summed E-state index contributed by atoms with van der Waals surface area (Å²) in [6.45, 7) is 0.133. The van der Waals surface area contributed by atoms with E-state index in [1.54, 1.807) is 0 Å². The Morgan fingerprint density at radius 1 is 0.742 bits per heavy atom. The van der Waals surface area contributed by atoms with Crippen molar-refractivity contribution in [2.75, 3.05) is 0 Å². The molecular formula is C26H22O5. The van der Waals surface area contributed by atoms with E-state index in [0.717, 1.165) is 11.1 Å². The fraction of sp³-hybridized carbons (Fsp3) is 0.115. The van der Waals surface area contributed by atoms with Crippen LogP contribution in [0.5, 0.6) is 11.5 Å². The minimum Gasteiger partial charge on any atom is -0.488 e. The molecule has 0 aliphatic carbocycles. The number of benzene rings is 3. The summed E-state index contributed by atoms with van der Waals surface area (Å²) in [5.74, 6) is 0.878. The molecule has 0 radical (unpaired) electrons. The molecule has 0 fully saturated rings. The molecule has 0 bridgehead atoms. The van der Waals surface area contributed by atoms with E-state index in [1.165, 1.54) is 6.26 Å². The van der Waals surface area contributed by atoms with Gasteiger partial charge in [0.2, 0.25) is 11.2 Å². The van der Waals surface area contributed by atoms with Crippen molar-refractivity contribution in [1.29, 1.82) is 0 Å². The Labute approximate surface area is 180 Å². The van der Waals surface area contributed by atoms with E-state index >= 15 is 0 Å². The van der Waals surface area contributed by atoms with Crippen molar-refractivity contribution in [3.8, 4) is 22.8 Å². The lowest BCUT2D eigenvalue weighted by Gasteiger charge is -2.15. The largest absolute Gasteiger partial charge is 0.488 e. The Bertz CT molecular complexity index is 1180. The molecule has 0 saturated heterocycles. The van der Waals surface area contributed by atoms with Crippen molar-refractivity contribution >= 4 is 0 Å². The van der Waals surface area contributed by atoms with Gasteiger partial charge in [-0.05, 0) is 23.3 Å². The maximum atomic E-state index is 12.9. The van der Waals surface area contributed by atoms with Crippen LogP contribution in [0.25, 0.3) is 11.3 Å². The average molecular weight is 414 g/mol. The summed E-state index contributed by atoms with van der Waals surface area (Å²) in [4.78, 5) is 12.9. The minimum absolute atomic E-state index is 0.0474. The van der Waals surface area contributed by atoms with Gasteiger partial charge >= 0.3 is 0 Å². The predicted octanol–water partition coefficient (Wildman–Crippen LogP) is 4.96. The van der Waals surface area contributed by atoms with Gasteiger partial charge in [-0.3, -0.25) is 4.79 Å². The average Bonchev–Trinajstić information content (AvgIpc) is 2.83. The summed E-state index contributed by atoms with van der Waals surface area (Å²) >= 11 is 0. The quantitative estimate of drug-likeness (QED) is 0.441. The first kappa shape index (κ1) is 20.4. The van der Waals surface area contributed by atoms with E-state index in [-0.39, 0.29) is 23.7 Å². The van der Waals surface area contributed by atoms with Gasteiger partial charge in [-0.1, -0.05) is 72.8 Å². The van der Waals surface area contributed by atoms with Crippen LogP contribution < -0.4 is 14.9 Å². The van der Waals surface area contributed by atoms with E-state index in [9.17, 15) is 9.90 Å². The van der Waals surface area contributed by atoms with E-state index in [4.69, 9.17) is 13.9 Å². The van der Waals surface area contributed by atoms with Crippen LogP contribution in [-0.4, -0.2) is 5.11 Å².